The fourth-order valence-electron chi connectivity index (χ4n) is 2.20. The standard InChI is InChI=1S/C11H15N3S/c1-7-5-9(3-4-13-7)11-8(2)14-10(6-12)15-11/h7,9,13H,3-5H2,1-2H3. The van der Waals surface area contributed by atoms with Crippen molar-refractivity contribution in [2.45, 2.75) is 38.6 Å². The maximum atomic E-state index is 8.81. The number of thiazole rings is 1. The maximum absolute atomic E-state index is 8.81. The average Bonchev–Trinajstić information content (AvgIpc) is 2.60. The molecule has 3 nitrogen and oxygen atoms in total. The predicted molar refractivity (Wildman–Crippen MR) is 61.0 cm³/mol. The highest BCUT2D eigenvalue weighted by Crippen LogP contribution is 2.33. The van der Waals surface area contributed by atoms with Gasteiger partial charge in [-0.2, -0.15) is 5.26 Å². The molecule has 15 heavy (non-hydrogen) atoms. The first-order chi connectivity index (χ1) is 7.20. The van der Waals surface area contributed by atoms with Crippen molar-refractivity contribution < 1.29 is 0 Å². The molecule has 1 aliphatic rings. The SMILES string of the molecule is Cc1nc(C#N)sc1C1CCNC(C)C1. The molecular formula is C11H15N3S. The first-order valence-corrected chi connectivity index (χ1v) is 6.13. The van der Waals surface area contributed by atoms with Crippen molar-refractivity contribution in [3.63, 3.8) is 0 Å². The Hall–Kier alpha value is -0.920. The molecule has 0 aromatic carbocycles. The molecule has 2 rings (SSSR count). The van der Waals surface area contributed by atoms with Crippen LogP contribution in [0.25, 0.3) is 0 Å². The van der Waals surface area contributed by atoms with Crippen LogP contribution in [-0.4, -0.2) is 17.6 Å². The van der Waals surface area contributed by atoms with E-state index in [1.165, 1.54) is 4.88 Å². The van der Waals surface area contributed by atoms with Crippen LogP contribution in [0.1, 0.15) is 41.3 Å². The first-order valence-electron chi connectivity index (χ1n) is 5.31. The van der Waals surface area contributed by atoms with Crippen LogP contribution in [0.4, 0.5) is 0 Å². The summed E-state index contributed by atoms with van der Waals surface area (Å²) in [6.07, 6.45) is 2.33. The van der Waals surface area contributed by atoms with Gasteiger partial charge in [0, 0.05) is 10.9 Å². The van der Waals surface area contributed by atoms with Crippen LogP contribution >= 0.6 is 11.3 Å². The zero-order valence-electron chi connectivity index (χ0n) is 9.08. The number of hydrogen-bond donors (Lipinski definition) is 1. The summed E-state index contributed by atoms with van der Waals surface area (Å²) in [5, 5.41) is 12.9. The summed E-state index contributed by atoms with van der Waals surface area (Å²) in [7, 11) is 0. The van der Waals surface area contributed by atoms with Gasteiger partial charge in [-0.15, -0.1) is 11.3 Å². The molecular weight excluding hydrogens is 206 g/mol. The van der Waals surface area contributed by atoms with E-state index < -0.39 is 0 Å². The van der Waals surface area contributed by atoms with Gasteiger partial charge in [0.15, 0.2) is 5.01 Å². The van der Waals surface area contributed by atoms with E-state index in [0.29, 0.717) is 17.0 Å². The second kappa shape index (κ2) is 4.30. The molecule has 0 aliphatic carbocycles. The number of aromatic nitrogens is 1. The van der Waals surface area contributed by atoms with E-state index in [9.17, 15) is 0 Å². The van der Waals surface area contributed by atoms with Crippen LogP contribution in [0.2, 0.25) is 0 Å². The molecule has 1 saturated heterocycles. The fraction of sp³-hybridized carbons (Fsp3) is 0.636. The number of nitrogens with one attached hydrogen (secondary N) is 1. The van der Waals surface area contributed by atoms with Crippen LogP contribution < -0.4 is 5.32 Å². The molecule has 2 unspecified atom stereocenters. The topological polar surface area (TPSA) is 48.7 Å². The molecule has 0 radical (unpaired) electrons. The van der Waals surface area contributed by atoms with Crippen molar-refractivity contribution in [2.24, 2.45) is 0 Å². The Bertz CT molecular complexity index is 391. The van der Waals surface area contributed by atoms with Gasteiger partial charge in [0.2, 0.25) is 0 Å². The maximum Gasteiger partial charge on any atom is 0.194 e. The van der Waals surface area contributed by atoms with Crippen molar-refractivity contribution in [3.8, 4) is 6.07 Å². The van der Waals surface area contributed by atoms with Gasteiger partial charge in [0.05, 0.1) is 5.69 Å². The Labute approximate surface area is 94.1 Å². The van der Waals surface area contributed by atoms with E-state index in [-0.39, 0.29) is 0 Å². The lowest BCUT2D eigenvalue weighted by atomic mass is 9.91. The first kappa shape index (κ1) is 10.6. The van der Waals surface area contributed by atoms with Gasteiger partial charge in [0.1, 0.15) is 6.07 Å². The van der Waals surface area contributed by atoms with Gasteiger partial charge in [0.25, 0.3) is 0 Å². The Morgan fingerprint density at radius 2 is 2.40 bits per heavy atom. The lowest BCUT2D eigenvalue weighted by molar-refractivity contribution is 0.383. The quantitative estimate of drug-likeness (QED) is 0.790. The number of piperidine rings is 1. The number of nitrogens with zero attached hydrogens (tertiary/aromatic N) is 2. The lowest BCUT2D eigenvalue weighted by Gasteiger charge is -2.27. The van der Waals surface area contributed by atoms with Crippen molar-refractivity contribution in [1.82, 2.24) is 10.3 Å². The smallest absolute Gasteiger partial charge is 0.194 e. The highest BCUT2D eigenvalue weighted by atomic mass is 32.1. The third-order valence-corrected chi connectivity index (χ3v) is 4.15. The third-order valence-electron chi connectivity index (χ3n) is 2.92. The molecule has 1 aliphatic heterocycles. The molecule has 1 aromatic rings. The van der Waals surface area contributed by atoms with Gasteiger partial charge in [-0.3, -0.25) is 0 Å². The predicted octanol–water partition coefficient (Wildman–Crippen LogP) is 2.18. The average molecular weight is 221 g/mol. The summed E-state index contributed by atoms with van der Waals surface area (Å²) in [5.74, 6) is 0.598. The van der Waals surface area contributed by atoms with E-state index >= 15 is 0 Å². The molecule has 2 heterocycles. The van der Waals surface area contributed by atoms with Crippen molar-refractivity contribution in [1.29, 1.82) is 5.26 Å². The monoisotopic (exact) mass is 221 g/mol. The van der Waals surface area contributed by atoms with Gasteiger partial charge in [-0.05, 0) is 39.2 Å². The van der Waals surface area contributed by atoms with Gasteiger partial charge >= 0.3 is 0 Å². The summed E-state index contributed by atoms with van der Waals surface area (Å²) < 4.78 is 0. The number of nitriles is 1. The molecule has 1 aromatic heterocycles. The van der Waals surface area contributed by atoms with E-state index in [1.54, 1.807) is 11.3 Å². The summed E-state index contributed by atoms with van der Waals surface area (Å²) in [6.45, 7) is 5.30. The molecule has 0 spiro atoms. The van der Waals surface area contributed by atoms with Crippen molar-refractivity contribution >= 4 is 11.3 Å². The molecule has 4 heteroatoms. The minimum atomic E-state index is 0.579. The van der Waals surface area contributed by atoms with E-state index in [0.717, 1.165) is 25.1 Å². The van der Waals surface area contributed by atoms with Crippen molar-refractivity contribution in [2.75, 3.05) is 6.54 Å². The molecule has 80 valence electrons. The number of hydrogen-bond acceptors (Lipinski definition) is 4. The van der Waals surface area contributed by atoms with Crippen LogP contribution in [-0.2, 0) is 0 Å². The Morgan fingerprint density at radius 3 is 3.00 bits per heavy atom. The molecule has 1 N–H and O–H groups in total. The second-order valence-electron chi connectivity index (χ2n) is 4.16. The zero-order chi connectivity index (χ0) is 10.8. The molecule has 1 fully saturated rings. The Morgan fingerprint density at radius 1 is 1.60 bits per heavy atom. The van der Waals surface area contributed by atoms with E-state index in [2.05, 4.69) is 23.3 Å². The Balaban J connectivity index is 2.21. The van der Waals surface area contributed by atoms with Gasteiger partial charge in [-0.1, -0.05) is 0 Å². The zero-order valence-corrected chi connectivity index (χ0v) is 9.90. The van der Waals surface area contributed by atoms with Gasteiger partial charge in [-0.25, -0.2) is 4.98 Å². The molecule has 0 amide bonds. The highest BCUT2D eigenvalue weighted by molar-refractivity contribution is 7.12. The summed E-state index contributed by atoms with van der Waals surface area (Å²) in [5.41, 5.74) is 1.05. The van der Waals surface area contributed by atoms with Crippen LogP contribution in [0.5, 0.6) is 0 Å². The summed E-state index contributed by atoms with van der Waals surface area (Å²) in [4.78, 5) is 5.59. The van der Waals surface area contributed by atoms with E-state index in [4.69, 9.17) is 5.26 Å². The molecule has 2 atom stereocenters. The molecule has 0 saturated carbocycles. The number of aryl methyl sites for hydroxylation is 1. The summed E-state index contributed by atoms with van der Waals surface area (Å²) >= 11 is 1.57. The minimum absolute atomic E-state index is 0.579. The Kier molecular flexibility index (Phi) is 3.03. The van der Waals surface area contributed by atoms with E-state index in [1.807, 2.05) is 6.92 Å². The van der Waals surface area contributed by atoms with Crippen molar-refractivity contribution in [3.05, 3.63) is 15.6 Å². The van der Waals surface area contributed by atoms with Crippen LogP contribution in [0.15, 0.2) is 0 Å². The third kappa shape index (κ3) is 2.19. The second-order valence-corrected chi connectivity index (χ2v) is 5.19. The number of rotatable bonds is 1. The molecule has 0 bridgehead atoms. The minimum Gasteiger partial charge on any atom is -0.314 e. The largest absolute Gasteiger partial charge is 0.314 e. The fourth-order valence-corrected chi connectivity index (χ4v) is 3.22. The van der Waals surface area contributed by atoms with Crippen LogP contribution in [0, 0.1) is 18.3 Å². The van der Waals surface area contributed by atoms with Crippen LogP contribution in [0.3, 0.4) is 0 Å². The highest BCUT2D eigenvalue weighted by Gasteiger charge is 2.23. The lowest BCUT2D eigenvalue weighted by Crippen LogP contribution is -2.34. The van der Waals surface area contributed by atoms with Gasteiger partial charge < -0.3 is 5.32 Å². The summed E-state index contributed by atoms with van der Waals surface area (Å²) in [6, 6.07) is 2.71. The normalized spacial score (nSPS) is 26.2.